The Hall–Kier alpha value is -3.63. The van der Waals surface area contributed by atoms with Crippen LogP contribution < -0.4 is 14.8 Å². The number of rotatable bonds is 8. The Bertz CT molecular complexity index is 1680. The topological polar surface area (TPSA) is 102 Å². The molecule has 7 aliphatic rings. The van der Waals surface area contributed by atoms with Crippen LogP contribution in [0.2, 0.25) is 0 Å². The summed E-state index contributed by atoms with van der Waals surface area (Å²) < 4.78 is 25.0. The van der Waals surface area contributed by atoms with E-state index < -0.39 is 17.3 Å². The van der Waals surface area contributed by atoms with E-state index in [0.717, 1.165) is 49.8 Å². The number of carbonyl (C=O) groups excluding carboxylic acids is 2. The van der Waals surface area contributed by atoms with Crippen LogP contribution in [0, 0.1) is 11.3 Å². The highest BCUT2D eigenvalue weighted by atomic mass is 16.6. The number of methoxy groups -OCH3 is 2. The number of hydrogen-bond acceptors (Lipinski definition) is 8. The molecule has 5 atom stereocenters. The number of nitrogens with zero attached hydrogens (tertiary/aromatic N) is 3. The van der Waals surface area contributed by atoms with Crippen LogP contribution in [0.5, 0.6) is 11.5 Å². The van der Waals surface area contributed by atoms with Crippen LogP contribution in [0.15, 0.2) is 42.1 Å². The highest BCUT2D eigenvalue weighted by Crippen LogP contribution is 2.75. The first kappa shape index (κ1) is 30.7. The number of benzene rings is 1. The van der Waals surface area contributed by atoms with Gasteiger partial charge in [-0.1, -0.05) is 12.1 Å². The monoisotopic (exact) mass is 642 g/mol. The SMILES string of the molecule is COc1ccc2c3c1O[C@@H]1[C@]34CCN(CC3CC3)[C@H](C2)[C@@]42C=C(C(=O)N(C)Cc3ncccc3NC(=O)OC(C)(C)C)[C@]1(OC)CC2. The fraction of sp³-hybridized carbons (Fsp3) is 0.595. The molecule has 9 rings (SSSR count). The van der Waals surface area contributed by atoms with Crippen LogP contribution in [0.4, 0.5) is 10.5 Å². The lowest BCUT2D eigenvalue weighted by Gasteiger charge is -2.70. The van der Waals surface area contributed by atoms with Crippen LogP contribution in [0.3, 0.4) is 0 Å². The van der Waals surface area contributed by atoms with Gasteiger partial charge >= 0.3 is 6.09 Å². The summed E-state index contributed by atoms with van der Waals surface area (Å²) in [4.78, 5) is 36.4. The van der Waals surface area contributed by atoms with E-state index in [9.17, 15) is 9.59 Å². The third-order valence-electron chi connectivity index (χ3n) is 11.9. The van der Waals surface area contributed by atoms with Crippen molar-refractivity contribution in [2.24, 2.45) is 11.3 Å². The quantitative estimate of drug-likeness (QED) is 0.417. The molecule has 2 spiro atoms. The van der Waals surface area contributed by atoms with Crippen molar-refractivity contribution in [2.45, 2.75) is 94.6 Å². The number of pyridine rings is 1. The number of ether oxygens (including phenoxy) is 4. The molecule has 10 heteroatoms. The lowest BCUT2D eigenvalue weighted by atomic mass is 9.37. The van der Waals surface area contributed by atoms with E-state index in [-0.39, 0.29) is 35.4 Å². The predicted molar refractivity (Wildman–Crippen MR) is 176 cm³/mol. The molecule has 0 radical (unpaired) electrons. The van der Waals surface area contributed by atoms with Crippen molar-refractivity contribution in [3.05, 3.63) is 58.9 Å². The minimum atomic E-state index is -0.920. The summed E-state index contributed by atoms with van der Waals surface area (Å²) in [6.07, 6.45) is 9.23. The number of likely N-dealkylation sites (tertiary alicyclic amines) is 1. The summed E-state index contributed by atoms with van der Waals surface area (Å²) in [5.41, 5.74) is 2.25. The summed E-state index contributed by atoms with van der Waals surface area (Å²) in [7, 11) is 5.22. The minimum Gasteiger partial charge on any atom is -0.493 e. The van der Waals surface area contributed by atoms with Crippen LogP contribution in [-0.4, -0.2) is 84.5 Å². The van der Waals surface area contributed by atoms with Gasteiger partial charge in [-0.3, -0.25) is 20.0 Å². The molecule has 2 aliphatic heterocycles. The molecule has 2 saturated carbocycles. The van der Waals surface area contributed by atoms with E-state index >= 15 is 0 Å². The lowest BCUT2D eigenvalue weighted by molar-refractivity contribution is -0.198. The molecule has 3 heterocycles. The van der Waals surface area contributed by atoms with E-state index in [1.54, 1.807) is 44.5 Å². The number of anilines is 1. The second-order valence-corrected chi connectivity index (χ2v) is 15.5. The maximum Gasteiger partial charge on any atom is 0.412 e. The van der Waals surface area contributed by atoms with Crippen molar-refractivity contribution < 1.29 is 28.5 Å². The van der Waals surface area contributed by atoms with Crippen molar-refractivity contribution in [1.82, 2.24) is 14.8 Å². The summed E-state index contributed by atoms with van der Waals surface area (Å²) >= 11 is 0. The summed E-state index contributed by atoms with van der Waals surface area (Å²) in [6, 6.07) is 8.10. The van der Waals surface area contributed by atoms with Crippen LogP contribution >= 0.6 is 0 Å². The summed E-state index contributed by atoms with van der Waals surface area (Å²) in [5, 5.41) is 2.82. The summed E-state index contributed by atoms with van der Waals surface area (Å²) in [5.74, 6) is 2.24. The molecule has 1 aromatic carbocycles. The number of carbonyl (C=O) groups is 2. The van der Waals surface area contributed by atoms with Crippen LogP contribution in [-0.2, 0) is 32.6 Å². The zero-order chi connectivity index (χ0) is 32.9. The van der Waals surface area contributed by atoms with E-state index in [0.29, 0.717) is 23.4 Å². The van der Waals surface area contributed by atoms with E-state index in [2.05, 4.69) is 27.3 Å². The van der Waals surface area contributed by atoms with Crippen molar-refractivity contribution in [1.29, 1.82) is 0 Å². The first-order valence-electron chi connectivity index (χ1n) is 17.1. The molecular weight excluding hydrogens is 596 g/mol. The Kier molecular flexibility index (Phi) is 6.81. The standard InChI is InChI=1S/C37H46N4O6/c1-34(2,3)47-33(43)39-25-8-7-16-38-26(25)21-40(4)31(42)24-19-35-13-14-37(24,45-6)32-36(35)15-17-41(20-22-9-10-22)28(35)18-23-11-12-27(44-5)30(46-32)29(23)36/h7-8,11-12,16,19,22,28,32H,9-10,13-15,17-18,20-21H2,1-6H3,(H,39,43)/t28-,32-,35-,36+,37-/m1/s1. The predicted octanol–water partition coefficient (Wildman–Crippen LogP) is 5.24. The van der Waals surface area contributed by atoms with Gasteiger partial charge < -0.3 is 23.8 Å². The maximum atomic E-state index is 14.8. The molecule has 47 heavy (non-hydrogen) atoms. The molecule has 2 aromatic rings. The second kappa shape index (κ2) is 10.4. The van der Waals surface area contributed by atoms with Gasteiger partial charge in [0.2, 0.25) is 0 Å². The molecule has 5 aliphatic carbocycles. The number of fused-ring (bicyclic) bond motifs is 1. The highest BCUT2D eigenvalue weighted by Gasteiger charge is 2.79. The Morgan fingerprint density at radius 3 is 2.68 bits per heavy atom. The number of nitrogens with one attached hydrogen (secondary N) is 1. The molecule has 3 fully saturated rings. The van der Waals surface area contributed by atoms with Crippen molar-refractivity contribution in [3.63, 3.8) is 0 Å². The Labute approximate surface area is 276 Å². The maximum absolute atomic E-state index is 14.8. The molecule has 1 N–H and O–H groups in total. The van der Waals surface area contributed by atoms with Crippen LogP contribution in [0.1, 0.15) is 69.7 Å². The average molecular weight is 643 g/mol. The molecule has 250 valence electrons. The zero-order valence-electron chi connectivity index (χ0n) is 28.4. The van der Waals surface area contributed by atoms with Crippen molar-refractivity contribution >= 4 is 17.7 Å². The van der Waals surface area contributed by atoms with E-state index in [1.807, 2.05) is 26.8 Å². The molecule has 1 saturated heterocycles. The summed E-state index contributed by atoms with van der Waals surface area (Å²) in [6.45, 7) is 7.78. The van der Waals surface area contributed by atoms with Gasteiger partial charge in [-0.15, -0.1) is 0 Å². The second-order valence-electron chi connectivity index (χ2n) is 15.5. The number of aromatic nitrogens is 1. The van der Waals surface area contributed by atoms with Crippen molar-refractivity contribution in [3.8, 4) is 11.5 Å². The van der Waals surface area contributed by atoms with E-state index in [1.165, 1.54) is 24.0 Å². The first-order valence-corrected chi connectivity index (χ1v) is 17.1. The third kappa shape index (κ3) is 4.32. The van der Waals surface area contributed by atoms with Gasteiger partial charge in [0.05, 0.1) is 30.5 Å². The molecule has 0 unspecified atom stereocenters. The van der Waals surface area contributed by atoms with Gasteiger partial charge in [0.1, 0.15) is 17.3 Å². The number of hydrogen-bond donors (Lipinski definition) is 1. The average Bonchev–Trinajstić information content (AvgIpc) is 3.78. The molecular formula is C37H46N4O6. The lowest BCUT2D eigenvalue weighted by Crippen LogP contribution is -2.78. The minimum absolute atomic E-state index is 0.112. The third-order valence-corrected chi connectivity index (χ3v) is 11.9. The van der Waals surface area contributed by atoms with Crippen LogP contribution in [0.25, 0.3) is 0 Å². The smallest absolute Gasteiger partial charge is 0.412 e. The van der Waals surface area contributed by atoms with Gasteiger partial charge in [0.15, 0.2) is 11.5 Å². The fourth-order valence-electron chi connectivity index (χ4n) is 9.84. The Balaban J connectivity index is 1.18. The molecule has 1 aromatic heterocycles. The Morgan fingerprint density at radius 1 is 1.15 bits per heavy atom. The number of piperidine rings is 1. The number of amides is 2. The molecule has 4 bridgehead atoms. The van der Waals surface area contributed by atoms with E-state index in [4.69, 9.17) is 18.9 Å². The largest absolute Gasteiger partial charge is 0.493 e. The highest BCUT2D eigenvalue weighted by molar-refractivity contribution is 5.97. The van der Waals surface area contributed by atoms with Crippen molar-refractivity contribution in [2.75, 3.05) is 39.7 Å². The normalized spacial score (nSPS) is 31.4. The fourth-order valence-corrected chi connectivity index (χ4v) is 9.84. The molecule has 2 amide bonds. The zero-order valence-corrected chi connectivity index (χ0v) is 28.4. The first-order chi connectivity index (χ1) is 22.5. The Morgan fingerprint density at radius 2 is 1.96 bits per heavy atom. The van der Waals surface area contributed by atoms with Gasteiger partial charge in [-0.2, -0.15) is 0 Å². The molecule has 10 nitrogen and oxygen atoms in total. The van der Waals surface area contributed by atoms with Gasteiger partial charge in [-0.25, -0.2) is 4.79 Å². The van der Waals surface area contributed by atoms with Gasteiger partial charge in [0.25, 0.3) is 5.91 Å². The van der Waals surface area contributed by atoms with Gasteiger partial charge in [-0.05, 0) is 95.5 Å². The number of likely N-dealkylation sites (N-methyl/N-ethyl adjacent to an activating group) is 1. The van der Waals surface area contributed by atoms with Gasteiger partial charge in [0, 0.05) is 49.5 Å².